The fourth-order valence-electron chi connectivity index (χ4n) is 4.27. The van der Waals surface area contributed by atoms with Gasteiger partial charge in [0.05, 0.1) is 30.8 Å². The Morgan fingerprint density at radius 1 is 0.973 bits per heavy atom. The second-order valence-electron chi connectivity index (χ2n) is 10.2. The minimum atomic E-state index is -1.00. The summed E-state index contributed by atoms with van der Waals surface area (Å²) in [5.74, 6) is -2.10. The number of unbranched alkanes of at least 4 members (excludes halogenated alkanes) is 4. The number of esters is 1. The summed E-state index contributed by atoms with van der Waals surface area (Å²) >= 11 is 0. The molecule has 1 unspecified atom stereocenters. The lowest BCUT2D eigenvalue weighted by Gasteiger charge is -2.27. The van der Waals surface area contributed by atoms with Crippen LogP contribution in [0.2, 0.25) is 0 Å². The summed E-state index contributed by atoms with van der Waals surface area (Å²) in [6, 6.07) is 3.84. The molecular formula is C27H36N2O8. The van der Waals surface area contributed by atoms with Crippen LogP contribution < -0.4 is 10.1 Å². The van der Waals surface area contributed by atoms with Crippen molar-refractivity contribution in [3.8, 4) is 5.75 Å². The van der Waals surface area contributed by atoms with E-state index < -0.39 is 35.3 Å². The van der Waals surface area contributed by atoms with Gasteiger partial charge in [-0.1, -0.05) is 25.3 Å². The number of nitrogens with zero attached hydrogens (tertiary/aromatic N) is 1. The molecule has 0 saturated carbocycles. The van der Waals surface area contributed by atoms with Gasteiger partial charge in [0.15, 0.2) is 0 Å². The SMILES string of the molecule is CC(C)(C)OC(=O)CCOCCCCCCCOc1cccc2c1C(=O)N(C1CCC(=O)NC1=O)C2=O. The first kappa shape index (κ1) is 28.3. The van der Waals surface area contributed by atoms with Crippen molar-refractivity contribution in [1.29, 1.82) is 0 Å². The van der Waals surface area contributed by atoms with Gasteiger partial charge < -0.3 is 14.2 Å². The number of carbonyl (C=O) groups excluding carboxylic acids is 5. The molecule has 0 bridgehead atoms. The molecule has 1 fully saturated rings. The minimum absolute atomic E-state index is 0.0748. The Bertz CT molecular complexity index is 1030. The van der Waals surface area contributed by atoms with Gasteiger partial charge in [-0.15, -0.1) is 0 Å². The predicted octanol–water partition coefficient (Wildman–Crippen LogP) is 3.17. The number of rotatable bonds is 13. The van der Waals surface area contributed by atoms with Gasteiger partial charge in [0.1, 0.15) is 17.4 Å². The smallest absolute Gasteiger partial charge is 0.308 e. The normalized spacial score (nSPS) is 17.6. The monoisotopic (exact) mass is 516 g/mol. The van der Waals surface area contributed by atoms with Gasteiger partial charge in [-0.25, -0.2) is 0 Å². The summed E-state index contributed by atoms with van der Waals surface area (Å²) in [4.78, 5) is 62.2. The van der Waals surface area contributed by atoms with Crippen molar-refractivity contribution in [2.24, 2.45) is 0 Å². The van der Waals surface area contributed by atoms with Crippen LogP contribution in [0.15, 0.2) is 18.2 Å². The highest BCUT2D eigenvalue weighted by Crippen LogP contribution is 2.33. The van der Waals surface area contributed by atoms with Crippen molar-refractivity contribution in [3.63, 3.8) is 0 Å². The van der Waals surface area contributed by atoms with Crippen LogP contribution in [-0.4, -0.2) is 66.0 Å². The maximum atomic E-state index is 13.1. The number of ether oxygens (including phenoxy) is 3. The van der Waals surface area contributed by atoms with Crippen LogP contribution in [0.5, 0.6) is 5.75 Å². The molecule has 2 heterocycles. The van der Waals surface area contributed by atoms with Gasteiger partial charge in [-0.2, -0.15) is 0 Å². The van der Waals surface area contributed by atoms with Crippen LogP contribution in [0.25, 0.3) is 0 Å². The summed E-state index contributed by atoms with van der Waals surface area (Å²) in [5, 5.41) is 2.19. The van der Waals surface area contributed by atoms with Crippen molar-refractivity contribution in [2.45, 2.75) is 83.8 Å². The molecule has 2 aliphatic heterocycles. The third-order valence-corrected chi connectivity index (χ3v) is 5.99. The zero-order valence-corrected chi connectivity index (χ0v) is 21.8. The molecule has 10 heteroatoms. The summed E-state index contributed by atoms with van der Waals surface area (Å²) < 4.78 is 16.6. The molecule has 0 aliphatic carbocycles. The standard InChI is InChI=1S/C27H36N2O8/c1-27(2,3)37-22(31)14-17-35-15-7-5-4-6-8-16-36-20-11-9-10-18-23(20)26(34)29(25(18)33)19-12-13-21(30)28-24(19)32/h9-11,19H,4-8,12-17H2,1-3H3,(H,28,30,32). The Morgan fingerprint density at radius 3 is 2.38 bits per heavy atom. The summed E-state index contributed by atoms with van der Waals surface area (Å²) in [5.41, 5.74) is -0.107. The number of hydrogen-bond donors (Lipinski definition) is 1. The summed E-state index contributed by atoms with van der Waals surface area (Å²) in [7, 11) is 0. The van der Waals surface area contributed by atoms with E-state index in [0.717, 1.165) is 37.0 Å². The first-order valence-electron chi connectivity index (χ1n) is 12.9. The lowest BCUT2D eigenvalue weighted by molar-refractivity contribution is -0.156. The predicted molar refractivity (Wildman–Crippen MR) is 133 cm³/mol. The van der Waals surface area contributed by atoms with E-state index in [0.29, 0.717) is 25.6 Å². The van der Waals surface area contributed by atoms with Crippen LogP contribution in [0.4, 0.5) is 0 Å². The highest BCUT2D eigenvalue weighted by molar-refractivity contribution is 6.24. The van der Waals surface area contributed by atoms with Crippen molar-refractivity contribution < 1.29 is 38.2 Å². The number of imide groups is 2. The average molecular weight is 517 g/mol. The van der Waals surface area contributed by atoms with E-state index >= 15 is 0 Å². The fraction of sp³-hybridized carbons (Fsp3) is 0.593. The Balaban J connectivity index is 1.34. The molecule has 0 radical (unpaired) electrons. The second-order valence-corrected chi connectivity index (χ2v) is 10.2. The van der Waals surface area contributed by atoms with Crippen molar-refractivity contribution in [1.82, 2.24) is 10.2 Å². The number of carbonyl (C=O) groups is 5. The van der Waals surface area contributed by atoms with Gasteiger partial charge in [0.25, 0.3) is 11.8 Å². The van der Waals surface area contributed by atoms with Crippen molar-refractivity contribution in [3.05, 3.63) is 29.3 Å². The molecule has 1 aromatic rings. The van der Waals surface area contributed by atoms with E-state index in [9.17, 15) is 24.0 Å². The molecule has 2 aliphatic rings. The second kappa shape index (κ2) is 12.8. The zero-order chi connectivity index (χ0) is 27.0. The van der Waals surface area contributed by atoms with E-state index in [2.05, 4.69) is 5.32 Å². The highest BCUT2D eigenvalue weighted by Gasteiger charge is 2.45. The lowest BCUT2D eigenvalue weighted by atomic mass is 10.0. The van der Waals surface area contributed by atoms with Crippen LogP contribution in [0.3, 0.4) is 0 Å². The Labute approximate surface area is 217 Å². The number of fused-ring (bicyclic) bond motifs is 1. The molecule has 1 aromatic carbocycles. The summed E-state index contributed by atoms with van der Waals surface area (Å²) in [6.45, 7) is 6.84. The molecule has 202 valence electrons. The number of benzene rings is 1. The number of hydrogen-bond acceptors (Lipinski definition) is 8. The fourth-order valence-corrected chi connectivity index (χ4v) is 4.27. The molecule has 1 atom stereocenters. The number of piperidine rings is 1. The Kier molecular flexibility index (Phi) is 9.79. The largest absolute Gasteiger partial charge is 0.493 e. The molecule has 0 spiro atoms. The topological polar surface area (TPSA) is 128 Å². The first-order chi connectivity index (χ1) is 17.6. The maximum Gasteiger partial charge on any atom is 0.308 e. The minimum Gasteiger partial charge on any atom is -0.493 e. The average Bonchev–Trinajstić information content (AvgIpc) is 3.07. The van der Waals surface area contributed by atoms with Gasteiger partial charge in [0.2, 0.25) is 11.8 Å². The first-order valence-corrected chi connectivity index (χ1v) is 12.9. The molecule has 3 rings (SSSR count). The van der Waals surface area contributed by atoms with Gasteiger partial charge in [0, 0.05) is 13.0 Å². The molecule has 0 aromatic heterocycles. The summed E-state index contributed by atoms with van der Waals surface area (Å²) in [6.07, 6.45) is 5.02. The van der Waals surface area contributed by atoms with Gasteiger partial charge >= 0.3 is 5.97 Å². The van der Waals surface area contributed by atoms with Gasteiger partial charge in [-0.3, -0.25) is 34.2 Å². The van der Waals surface area contributed by atoms with E-state index in [1.807, 2.05) is 20.8 Å². The number of amides is 4. The molecule has 10 nitrogen and oxygen atoms in total. The van der Waals surface area contributed by atoms with Gasteiger partial charge in [-0.05, 0) is 52.2 Å². The lowest BCUT2D eigenvalue weighted by Crippen LogP contribution is -2.54. The quantitative estimate of drug-likeness (QED) is 0.241. The van der Waals surface area contributed by atoms with E-state index in [1.165, 1.54) is 0 Å². The van der Waals surface area contributed by atoms with Crippen LogP contribution in [-0.2, 0) is 23.9 Å². The Morgan fingerprint density at radius 2 is 1.68 bits per heavy atom. The van der Waals surface area contributed by atoms with E-state index in [-0.39, 0.29) is 36.4 Å². The zero-order valence-electron chi connectivity index (χ0n) is 21.8. The van der Waals surface area contributed by atoms with Crippen LogP contribution in [0.1, 0.15) is 92.9 Å². The molecule has 37 heavy (non-hydrogen) atoms. The molecule has 1 N–H and O–H groups in total. The van der Waals surface area contributed by atoms with Crippen LogP contribution >= 0.6 is 0 Å². The van der Waals surface area contributed by atoms with E-state index in [4.69, 9.17) is 14.2 Å². The third kappa shape index (κ3) is 7.85. The van der Waals surface area contributed by atoms with E-state index in [1.54, 1.807) is 18.2 Å². The molecular weight excluding hydrogens is 480 g/mol. The maximum absolute atomic E-state index is 13.1. The van der Waals surface area contributed by atoms with Crippen LogP contribution in [0, 0.1) is 0 Å². The van der Waals surface area contributed by atoms with Crippen molar-refractivity contribution in [2.75, 3.05) is 19.8 Å². The highest BCUT2D eigenvalue weighted by atomic mass is 16.6. The Hall–Kier alpha value is -3.27. The molecule has 4 amide bonds. The molecule has 1 saturated heterocycles. The third-order valence-electron chi connectivity index (χ3n) is 5.99. The van der Waals surface area contributed by atoms with Crippen molar-refractivity contribution >= 4 is 29.6 Å². The number of nitrogens with one attached hydrogen (secondary N) is 1.